The molecule has 0 saturated carbocycles. The maximum atomic E-state index is 5.37. The van der Waals surface area contributed by atoms with Gasteiger partial charge in [0.25, 0.3) is 0 Å². The van der Waals surface area contributed by atoms with Crippen molar-refractivity contribution in [3.63, 3.8) is 0 Å². The van der Waals surface area contributed by atoms with Gasteiger partial charge in [-0.2, -0.15) is 4.98 Å². The van der Waals surface area contributed by atoms with Gasteiger partial charge in [-0.1, -0.05) is 63.2 Å². The highest BCUT2D eigenvalue weighted by atomic mass is 79.9. The van der Waals surface area contributed by atoms with Crippen LogP contribution in [0.4, 0.5) is 0 Å². The van der Waals surface area contributed by atoms with Crippen LogP contribution in [0.2, 0.25) is 0 Å². The second-order valence-electron chi connectivity index (χ2n) is 5.61. The highest BCUT2D eigenvalue weighted by Crippen LogP contribution is 2.24. The van der Waals surface area contributed by atoms with Crippen molar-refractivity contribution in [3.05, 3.63) is 88.7 Å². The number of imidazole rings is 1. The van der Waals surface area contributed by atoms with E-state index in [0.29, 0.717) is 23.9 Å². The SMILES string of the molecule is Brc1ccc(-n2ccnc2SCc2nc(Cc3ccccc3)no2)cc1. The van der Waals surface area contributed by atoms with E-state index in [-0.39, 0.29) is 0 Å². The Morgan fingerprint density at radius 2 is 1.85 bits per heavy atom. The quantitative estimate of drug-likeness (QED) is 0.410. The maximum Gasteiger partial charge on any atom is 0.237 e. The number of halogens is 1. The predicted octanol–water partition coefficient (Wildman–Crippen LogP) is 4.90. The van der Waals surface area contributed by atoms with Crippen molar-refractivity contribution in [1.82, 2.24) is 19.7 Å². The van der Waals surface area contributed by atoms with Crippen LogP contribution in [0.5, 0.6) is 0 Å². The standard InChI is InChI=1S/C19H15BrN4OS/c20-15-6-8-16(9-7-15)24-11-10-21-19(24)26-13-18-22-17(23-25-18)12-14-4-2-1-3-5-14/h1-11H,12-13H2. The number of benzene rings is 2. The van der Waals surface area contributed by atoms with Gasteiger partial charge in [-0.15, -0.1) is 0 Å². The van der Waals surface area contributed by atoms with E-state index in [2.05, 4.69) is 43.2 Å². The Labute approximate surface area is 163 Å². The van der Waals surface area contributed by atoms with E-state index >= 15 is 0 Å². The van der Waals surface area contributed by atoms with Crippen LogP contribution in [0, 0.1) is 0 Å². The lowest BCUT2D eigenvalue weighted by atomic mass is 10.1. The van der Waals surface area contributed by atoms with Gasteiger partial charge in [0, 0.05) is 29.0 Å². The summed E-state index contributed by atoms with van der Waals surface area (Å²) < 4.78 is 8.46. The van der Waals surface area contributed by atoms with Crippen molar-refractivity contribution in [3.8, 4) is 5.69 Å². The third-order valence-corrected chi connectivity index (χ3v) is 5.23. The summed E-state index contributed by atoms with van der Waals surface area (Å²) >= 11 is 5.03. The van der Waals surface area contributed by atoms with Crippen LogP contribution in [0.1, 0.15) is 17.3 Å². The number of rotatable bonds is 6. The molecule has 0 atom stereocenters. The Kier molecular flexibility index (Phi) is 5.17. The summed E-state index contributed by atoms with van der Waals surface area (Å²) in [5.74, 6) is 1.88. The monoisotopic (exact) mass is 426 g/mol. The molecule has 4 aromatic rings. The molecular formula is C19H15BrN4OS. The van der Waals surface area contributed by atoms with Crippen LogP contribution in [-0.2, 0) is 12.2 Å². The number of hydrogen-bond donors (Lipinski definition) is 0. The number of nitrogens with zero attached hydrogens (tertiary/aromatic N) is 4. The van der Waals surface area contributed by atoms with Crippen LogP contribution in [0.25, 0.3) is 5.69 Å². The lowest BCUT2D eigenvalue weighted by Gasteiger charge is -2.06. The van der Waals surface area contributed by atoms with Gasteiger partial charge in [-0.25, -0.2) is 4.98 Å². The van der Waals surface area contributed by atoms with Crippen molar-refractivity contribution >= 4 is 27.7 Å². The van der Waals surface area contributed by atoms with E-state index in [1.807, 2.05) is 53.2 Å². The Hall–Kier alpha value is -2.38. The van der Waals surface area contributed by atoms with Gasteiger partial charge in [0.2, 0.25) is 5.89 Å². The molecule has 0 bridgehead atoms. The molecule has 0 unspecified atom stereocenters. The normalized spacial score (nSPS) is 11.0. The van der Waals surface area contributed by atoms with Gasteiger partial charge in [-0.3, -0.25) is 4.57 Å². The molecule has 0 aliphatic heterocycles. The Morgan fingerprint density at radius 3 is 2.65 bits per heavy atom. The third kappa shape index (κ3) is 4.05. The zero-order chi connectivity index (χ0) is 17.8. The fourth-order valence-electron chi connectivity index (χ4n) is 2.52. The highest BCUT2D eigenvalue weighted by Gasteiger charge is 2.11. The van der Waals surface area contributed by atoms with Gasteiger partial charge in [0.1, 0.15) is 0 Å². The number of hydrogen-bond acceptors (Lipinski definition) is 5. The van der Waals surface area contributed by atoms with Crippen molar-refractivity contribution in [2.24, 2.45) is 0 Å². The number of thioether (sulfide) groups is 1. The first-order valence-electron chi connectivity index (χ1n) is 8.05. The lowest BCUT2D eigenvalue weighted by Crippen LogP contribution is -1.95. The second kappa shape index (κ2) is 7.88. The molecule has 7 heteroatoms. The highest BCUT2D eigenvalue weighted by molar-refractivity contribution is 9.10. The molecule has 2 aromatic carbocycles. The maximum absolute atomic E-state index is 5.37. The van der Waals surface area contributed by atoms with Crippen LogP contribution in [-0.4, -0.2) is 19.7 Å². The largest absolute Gasteiger partial charge is 0.338 e. The summed E-state index contributed by atoms with van der Waals surface area (Å²) in [4.78, 5) is 8.91. The van der Waals surface area contributed by atoms with E-state index < -0.39 is 0 Å². The molecule has 0 spiro atoms. The topological polar surface area (TPSA) is 56.7 Å². The summed E-state index contributed by atoms with van der Waals surface area (Å²) in [5, 5.41) is 4.95. The van der Waals surface area contributed by atoms with Crippen LogP contribution >= 0.6 is 27.7 Å². The molecular weight excluding hydrogens is 412 g/mol. The van der Waals surface area contributed by atoms with Gasteiger partial charge in [-0.05, 0) is 29.8 Å². The summed E-state index contributed by atoms with van der Waals surface area (Å²) in [5.41, 5.74) is 2.22. The molecule has 0 N–H and O–H groups in total. The molecule has 0 radical (unpaired) electrons. The summed E-state index contributed by atoms with van der Waals surface area (Å²) in [6.45, 7) is 0. The molecule has 26 heavy (non-hydrogen) atoms. The second-order valence-corrected chi connectivity index (χ2v) is 7.47. The van der Waals surface area contributed by atoms with E-state index in [0.717, 1.165) is 15.3 Å². The Bertz CT molecular complexity index is 982. The zero-order valence-electron chi connectivity index (χ0n) is 13.7. The molecule has 0 fully saturated rings. The molecule has 0 amide bonds. The molecule has 4 rings (SSSR count). The van der Waals surface area contributed by atoms with Crippen molar-refractivity contribution in [2.45, 2.75) is 17.3 Å². The molecule has 0 aliphatic carbocycles. The van der Waals surface area contributed by atoms with Crippen LogP contribution in [0.3, 0.4) is 0 Å². The predicted molar refractivity (Wildman–Crippen MR) is 104 cm³/mol. The first-order valence-corrected chi connectivity index (χ1v) is 9.83. The van der Waals surface area contributed by atoms with Gasteiger partial charge >= 0.3 is 0 Å². The molecule has 0 saturated heterocycles. The van der Waals surface area contributed by atoms with Gasteiger partial charge in [0.05, 0.1) is 5.75 Å². The smallest absolute Gasteiger partial charge is 0.237 e. The minimum Gasteiger partial charge on any atom is -0.338 e. The minimum atomic E-state index is 0.579. The molecule has 0 aliphatic rings. The molecule has 5 nitrogen and oxygen atoms in total. The summed E-state index contributed by atoms with van der Waals surface area (Å²) in [7, 11) is 0. The van der Waals surface area contributed by atoms with Crippen molar-refractivity contribution < 1.29 is 4.52 Å². The fourth-order valence-corrected chi connectivity index (χ4v) is 3.59. The van der Waals surface area contributed by atoms with Crippen molar-refractivity contribution in [2.75, 3.05) is 0 Å². The Morgan fingerprint density at radius 1 is 1.04 bits per heavy atom. The fraction of sp³-hybridized carbons (Fsp3) is 0.105. The van der Waals surface area contributed by atoms with Crippen LogP contribution in [0.15, 0.2) is 81.1 Å². The van der Waals surface area contributed by atoms with Gasteiger partial charge < -0.3 is 4.52 Å². The van der Waals surface area contributed by atoms with E-state index in [9.17, 15) is 0 Å². The molecule has 2 aromatic heterocycles. The summed E-state index contributed by atoms with van der Waals surface area (Å²) in [6.07, 6.45) is 4.40. The van der Waals surface area contributed by atoms with Crippen LogP contribution < -0.4 is 0 Å². The van der Waals surface area contributed by atoms with Gasteiger partial charge in [0.15, 0.2) is 11.0 Å². The lowest BCUT2D eigenvalue weighted by molar-refractivity contribution is 0.385. The molecule has 130 valence electrons. The Balaban J connectivity index is 1.42. The first kappa shape index (κ1) is 17.1. The molecule has 2 heterocycles. The third-order valence-electron chi connectivity index (χ3n) is 3.75. The minimum absolute atomic E-state index is 0.579. The first-order chi connectivity index (χ1) is 12.8. The van der Waals surface area contributed by atoms with E-state index in [4.69, 9.17) is 4.52 Å². The number of aromatic nitrogens is 4. The van der Waals surface area contributed by atoms with E-state index in [1.54, 1.807) is 18.0 Å². The van der Waals surface area contributed by atoms with E-state index in [1.165, 1.54) is 5.56 Å². The average molecular weight is 427 g/mol. The average Bonchev–Trinajstić information content (AvgIpc) is 3.31. The van der Waals surface area contributed by atoms with Crippen molar-refractivity contribution in [1.29, 1.82) is 0 Å². The summed E-state index contributed by atoms with van der Waals surface area (Å²) in [6, 6.07) is 18.2. The zero-order valence-corrected chi connectivity index (χ0v) is 16.2.